The van der Waals surface area contributed by atoms with E-state index in [1.807, 2.05) is 24.3 Å². The Kier molecular flexibility index (Phi) is 4.52. The summed E-state index contributed by atoms with van der Waals surface area (Å²) < 4.78 is 3.29. The number of aryl methyl sites for hydroxylation is 2. The van der Waals surface area contributed by atoms with E-state index in [0.717, 1.165) is 36.7 Å². The first-order valence-electron chi connectivity index (χ1n) is 8.25. The maximum Gasteiger partial charge on any atom is 0.328 e. The van der Waals surface area contributed by atoms with Gasteiger partial charge in [0.2, 0.25) is 5.91 Å². The van der Waals surface area contributed by atoms with Gasteiger partial charge < -0.3 is 11.1 Å². The van der Waals surface area contributed by atoms with Gasteiger partial charge in [-0.15, -0.1) is 0 Å². The number of rotatable bonds is 4. The summed E-state index contributed by atoms with van der Waals surface area (Å²) in [5, 5.41) is 3.07. The van der Waals surface area contributed by atoms with Crippen LogP contribution in [0.2, 0.25) is 0 Å². The van der Waals surface area contributed by atoms with Gasteiger partial charge in [-0.2, -0.15) is 0 Å². The zero-order valence-corrected chi connectivity index (χ0v) is 13.5. The third kappa shape index (κ3) is 3.32. The highest BCUT2D eigenvalue weighted by Gasteiger charge is 2.20. The number of nitrogens with one attached hydrogen (secondary N) is 1. The molecule has 3 rings (SSSR count). The van der Waals surface area contributed by atoms with Crippen LogP contribution in [-0.2, 0) is 18.4 Å². The van der Waals surface area contributed by atoms with Crippen LogP contribution in [0.3, 0.4) is 0 Å². The average Bonchev–Trinajstić information content (AvgIpc) is 2.80. The van der Waals surface area contributed by atoms with E-state index < -0.39 is 0 Å². The summed E-state index contributed by atoms with van der Waals surface area (Å²) in [4.78, 5) is 24.5. The topological polar surface area (TPSA) is 82.0 Å². The number of benzene rings is 1. The lowest BCUT2D eigenvalue weighted by Gasteiger charge is -2.26. The molecule has 1 amide bonds. The number of amides is 1. The number of imidazole rings is 1. The monoisotopic (exact) mass is 316 g/mol. The van der Waals surface area contributed by atoms with Crippen LogP contribution in [0.25, 0.3) is 11.0 Å². The first kappa shape index (κ1) is 15.8. The molecule has 6 heteroatoms. The molecule has 0 bridgehead atoms. The van der Waals surface area contributed by atoms with Gasteiger partial charge in [-0.3, -0.25) is 13.9 Å². The maximum absolute atomic E-state index is 12.3. The molecule has 124 valence electrons. The molecule has 1 saturated carbocycles. The molecule has 0 saturated heterocycles. The molecular weight excluding hydrogens is 292 g/mol. The molecule has 3 N–H and O–H groups in total. The first-order chi connectivity index (χ1) is 11.1. The number of para-hydroxylation sites is 2. The second-order valence-corrected chi connectivity index (χ2v) is 6.41. The van der Waals surface area contributed by atoms with Gasteiger partial charge in [-0.1, -0.05) is 12.1 Å². The van der Waals surface area contributed by atoms with Gasteiger partial charge in [0.05, 0.1) is 11.0 Å². The van der Waals surface area contributed by atoms with E-state index in [0.29, 0.717) is 13.0 Å². The molecule has 0 radical (unpaired) electrons. The highest BCUT2D eigenvalue weighted by Crippen LogP contribution is 2.17. The van der Waals surface area contributed by atoms with E-state index in [1.165, 1.54) is 0 Å². The fourth-order valence-corrected chi connectivity index (χ4v) is 3.36. The third-order valence-corrected chi connectivity index (χ3v) is 4.75. The predicted octanol–water partition coefficient (Wildman–Crippen LogP) is 1.12. The van der Waals surface area contributed by atoms with E-state index in [1.54, 1.807) is 16.2 Å². The van der Waals surface area contributed by atoms with Crippen molar-refractivity contribution < 1.29 is 4.79 Å². The van der Waals surface area contributed by atoms with Crippen molar-refractivity contribution in [2.75, 3.05) is 0 Å². The van der Waals surface area contributed by atoms with Crippen LogP contribution in [0.15, 0.2) is 29.1 Å². The number of hydrogen-bond donors (Lipinski definition) is 2. The van der Waals surface area contributed by atoms with Gasteiger partial charge in [0, 0.05) is 32.1 Å². The quantitative estimate of drug-likeness (QED) is 0.886. The molecule has 1 aromatic carbocycles. The normalized spacial score (nSPS) is 21.5. The van der Waals surface area contributed by atoms with Crippen LogP contribution < -0.4 is 16.7 Å². The van der Waals surface area contributed by atoms with E-state index in [4.69, 9.17) is 5.73 Å². The Morgan fingerprint density at radius 1 is 1.22 bits per heavy atom. The second-order valence-electron chi connectivity index (χ2n) is 6.41. The van der Waals surface area contributed by atoms with Crippen molar-refractivity contribution in [2.24, 2.45) is 12.8 Å². The zero-order chi connectivity index (χ0) is 16.4. The zero-order valence-electron chi connectivity index (χ0n) is 13.5. The number of aromatic nitrogens is 2. The summed E-state index contributed by atoms with van der Waals surface area (Å²) >= 11 is 0. The molecule has 1 heterocycles. The van der Waals surface area contributed by atoms with E-state index in [2.05, 4.69) is 5.32 Å². The van der Waals surface area contributed by atoms with Crippen molar-refractivity contribution in [1.29, 1.82) is 0 Å². The maximum atomic E-state index is 12.3. The second kappa shape index (κ2) is 6.58. The number of carbonyl (C=O) groups is 1. The Bertz CT molecular complexity index is 754. The number of fused-ring (bicyclic) bond motifs is 1. The van der Waals surface area contributed by atoms with E-state index in [-0.39, 0.29) is 23.7 Å². The van der Waals surface area contributed by atoms with Crippen molar-refractivity contribution in [2.45, 2.75) is 50.7 Å². The number of hydrogen-bond acceptors (Lipinski definition) is 3. The van der Waals surface area contributed by atoms with Gasteiger partial charge in [0.15, 0.2) is 0 Å². The summed E-state index contributed by atoms with van der Waals surface area (Å²) in [7, 11) is 1.76. The summed E-state index contributed by atoms with van der Waals surface area (Å²) in [5.74, 6) is 0.00491. The minimum absolute atomic E-state index is 0.00491. The molecule has 0 unspecified atom stereocenters. The largest absolute Gasteiger partial charge is 0.353 e. The van der Waals surface area contributed by atoms with E-state index in [9.17, 15) is 9.59 Å². The molecule has 1 fully saturated rings. The number of nitrogens with zero attached hydrogens (tertiary/aromatic N) is 2. The highest BCUT2D eigenvalue weighted by molar-refractivity contribution is 5.78. The standard InChI is InChI=1S/C17H24N4O2/c1-20-14-4-2-3-5-15(14)21(17(20)23)11-10-16(22)19-13-8-6-12(18)7-9-13/h2-5,12-13H,6-11,18H2,1H3,(H,19,22). The van der Waals surface area contributed by atoms with Crippen LogP contribution in [-0.4, -0.2) is 27.1 Å². The minimum atomic E-state index is -0.0809. The molecule has 0 atom stereocenters. The van der Waals surface area contributed by atoms with Gasteiger partial charge in [0.1, 0.15) is 0 Å². The molecule has 6 nitrogen and oxygen atoms in total. The van der Waals surface area contributed by atoms with Gasteiger partial charge in [-0.25, -0.2) is 4.79 Å². The van der Waals surface area contributed by atoms with Crippen LogP contribution >= 0.6 is 0 Å². The lowest BCUT2D eigenvalue weighted by molar-refractivity contribution is -0.122. The van der Waals surface area contributed by atoms with Crippen LogP contribution in [0.1, 0.15) is 32.1 Å². The van der Waals surface area contributed by atoms with Gasteiger partial charge >= 0.3 is 5.69 Å². The summed E-state index contributed by atoms with van der Waals surface area (Å²) in [5.41, 5.74) is 7.56. The van der Waals surface area contributed by atoms with Crippen molar-refractivity contribution in [1.82, 2.24) is 14.5 Å². The fourth-order valence-electron chi connectivity index (χ4n) is 3.36. The smallest absolute Gasteiger partial charge is 0.328 e. The van der Waals surface area contributed by atoms with Gasteiger partial charge in [0.25, 0.3) is 0 Å². The lowest BCUT2D eigenvalue weighted by Crippen LogP contribution is -2.40. The predicted molar refractivity (Wildman–Crippen MR) is 90.2 cm³/mol. The van der Waals surface area contributed by atoms with Crippen molar-refractivity contribution in [3.05, 3.63) is 34.7 Å². The molecule has 23 heavy (non-hydrogen) atoms. The van der Waals surface area contributed by atoms with Crippen LogP contribution in [0, 0.1) is 0 Å². The minimum Gasteiger partial charge on any atom is -0.353 e. The Hall–Kier alpha value is -2.08. The molecule has 1 aromatic heterocycles. The summed E-state index contributed by atoms with van der Waals surface area (Å²) in [6.07, 6.45) is 4.14. The lowest BCUT2D eigenvalue weighted by atomic mass is 9.92. The SMILES string of the molecule is Cn1c(=O)n(CCC(=O)NC2CCC(N)CC2)c2ccccc21. The van der Waals surface area contributed by atoms with Crippen LogP contribution in [0.4, 0.5) is 0 Å². The van der Waals surface area contributed by atoms with Crippen molar-refractivity contribution >= 4 is 16.9 Å². The summed E-state index contributed by atoms with van der Waals surface area (Å²) in [6.45, 7) is 0.401. The molecule has 0 aliphatic heterocycles. The fraction of sp³-hybridized carbons (Fsp3) is 0.529. The average molecular weight is 316 g/mol. The highest BCUT2D eigenvalue weighted by atomic mass is 16.2. The Balaban J connectivity index is 1.63. The molecule has 2 aromatic rings. The first-order valence-corrected chi connectivity index (χ1v) is 8.25. The van der Waals surface area contributed by atoms with Crippen molar-refractivity contribution in [3.63, 3.8) is 0 Å². The molecule has 1 aliphatic rings. The number of nitrogens with two attached hydrogens (primary N) is 1. The Labute approximate surface area is 135 Å². The summed E-state index contributed by atoms with van der Waals surface area (Å²) in [6, 6.07) is 8.15. The Morgan fingerprint density at radius 3 is 2.57 bits per heavy atom. The molecule has 0 spiro atoms. The third-order valence-electron chi connectivity index (χ3n) is 4.75. The van der Waals surface area contributed by atoms with Crippen molar-refractivity contribution in [3.8, 4) is 0 Å². The van der Waals surface area contributed by atoms with E-state index >= 15 is 0 Å². The molecule has 1 aliphatic carbocycles. The number of carbonyl (C=O) groups excluding carboxylic acids is 1. The van der Waals surface area contributed by atoms with Gasteiger partial charge in [-0.05, 0) is 37.8 Å². The molecular formula is C17H24N4O2. The Morgan fingerprint density at radius 2 is 1.87 bits per heavy atom. The van der Waals surface area contributed by atoms with Crippen LogP contribution in [0.5, 0.6) is 0 Å².